The second kappa shape index (κ2) is 5.39. The lowest BCUT2D eigenvalue weighted by atomic mass is 10.2. The van der Waals surface area contributed by atoms with E-state index in [0.29, 0.717) is 0 Å². The van der Waals surface area contributed by atoms with E-state index in [1.165, 1.54) is 0 Å². The molecule has 0 atom stereocenters. The molecule has 0 unspecified atom stereocenters. The maximum atomic E-state index is 4.27. The lowest BCUT2D eigenvalue weighted by molar-refractivity contribution is 1.12. The van der Waals surface area contributed by atoms with Crippen molar-refractivity contribution in [3.63, 3.8) is 0 Å². The summed E-state index contributed by atoms with van der Waals surface area (Å²) >= 11 is 1.62. The zero-order chi connectivity index (χ0) is 11.2. The van der Waals surface area contributed by atoms with E-state index in [0.717, 1.165) is 16.2 Å². The summed E-state index contributed by atoms with van der Waals surface area (Å²) in [5.41, 5.74) is 2.01. The molecule has 78 valence electrons. The van der Waals surface area contributed by atoms with Crippen molar-refractivity contribution < 1.29 is 0 Å². The standard InChI is InChI=1S/C14H11NS/c1-16-14-13(8-5-11-15-14)10-9-12-6-3-2-4-7-12/h2-8,11H,1H3. The van der Waals surface area contributed by atoms with E-state index in [2.05, 4.69) is 16.8 Å². The molecule has 0 bridgehead atoms. The molecule has 0 spiro atoms. The van der Waals surface area contributed by atoms with E-state index in [1.807, 2.05) is 48.7 Å². The van der Waals surface area contributed by atoms with Crippen molar-refractivity contribution in [2.24, 2.45) is 0 Å². The van der Waals surface area contributed by atoms with Crippen LogP contribution in [0.2, 0.25) is 0 Å². The highest BCUT2D eigenvalue weighted by atomic mass is 32.2. The van der Waals surface area contributed by atoms with Crippen LogP contribution in [0.4, 0.5) is 0 Å². The van der Waals surface area contributed by atoms with Gasteiger partial charge in [-0.15, -0.1) is 11.8 Å². The minimum atomic E-state index is 0.978. The number of thioether (sulfide) groups is 1. The molecule has 1 aromatic carbocycles. The Morgan fingerprint density at radius 3 is 2.56 bits per heavy atom. The van der Waals surface area contributed by atoms with E-state index in [-0.39, 0.29) is 0 Å². The summed E-state index contributed by atoms with van der Waals surface area (Å²) < 4.78 is 0. The first kappa shape index (κ1) is 10.8. The Morgan fingerprint density at radius 1 is 1.00 bits per heavy atom. The summed E-state index contributed by atoms with van der Waals surface area (Å²) in [6.45, 7) is 0. The summed E-state index contributed by atoms with van der Waals surface area (Å²) in [7, 11) is 0. The van der Waals surface area contributed by atoms with Gasteiger partial charge < -0.3 is 0 Å². The number of benzene rings is 1. The van der Waals surface area contributed by atoms with Gasteiger partial charge in [0, 0.05) is 11.8 Å². The van der Waals surface area contributed by atoms with Crippen molar-refractivity contribution in [2.75, 3.05) is 6.26 Å². The molecule has 1 nitrogen and oxygen atoms in total. The van der Waals surface area contributed by atoms with Gasteiger partial charge in [-0.05, 0) is 30.5 Å². The van der Waals surface area contributed by atoms with Gasteiger partial charge >= 0.3 is 0 Å². The number of aromatic nitrogens is 1. The minimum Gasteiger partial charge on any atom is -0.249 e. The van der Waals surface area contributed by atoms with Crippen LogP contribution >= 0.6 is 11.8 Å². The summed E-state index contributed by atoms with van der Waals surface area (Å²) in [4.78, 5) is 4.27. The van der Waals surface area contributed by atoms with E-state index >= 15 is 0 Å². The van der Waals surface area contributed by atoms with Gasteiger partial charge in [-0.25, -0.2) is 4.98 Å². The fourth-order valence-electron chi connectivity index (χ4n) is 1.31. The van der Waals surface area contributed by atoms with Crippen LogP contribution in [0.15, 0.2) is 53.7 Å². The number of rotatable bonds is 1. The number of hydrogen-bond donors (Lipinski definition) is 0. The highest BCUT2D eigenvalue weighted by molar-refractivity contribution is 7.98. The van der Waals surface area contributed by atoms with Crippen LogP contribution in [-0.2, 0) is 0 Å². The molecule has 1 aromatic heterocycles. The molecule has 0 saturated carbocycles. The predicted octanol–water partition coefficient (Wildman–Crippen LogP) is 3.20. The Hall–Kier alpha value is -1.72. The van der Waals surface area contributed by atoms with Gasteiger partial charge in [0.25, 0.3) is 0 Å². The monoisotopic (exact) mass is 225 g/mol. The molecule has 0 radical (unpaired) electrons. The Bertz CT molecular complexity index is 523. The highest BCUT2D eigenvalue weighted by Crippen LogP contribution is 2.15. The van der Waals surface area contributed by atoms with Gasteiger partial charge in [0.2, 0.25) is 0 Å². The van der Waals surface area contributed by atoms with Crippen LogP contribution in [0.5, 0.6) is 0 Å². The molecule has 0 amide bonds. The first-order chi connectivity index (χ1) is 7.90. The average Bonchev–Trinajstić information content (AvgIpc) is 2.38. The third kappa shape index (κ3) is 2.65. The van der Waals surface area contributed by atoms with Crippen molar-refractivity contribution >= 4 is 11.8 Å². The third-order valence-electron chi connectivity index (χ3n) is 2.08. The van der Waals surface area contributed by atoms with E-state index < -0.39 is 0 Å². The SMILES string of the molecule is CSc1ncccc1C#Cc1ccccc1. The van der Waals surface area contributed by atoms with E-state index in [9.17, 15) is 0 Å². The summed E-state index contributed by atoms with van der Waals surface area (Å²) in [5, 5.41) is 0.978. The Kier molecular flexibility index (Phi) is 3.63. The van der Waals surface area contributed by atoms with Crippen LogP contribution in [0, 0.1) is 11.8 Å². The molecular weight excluding hydrogens is 214 g/mol. The molecule has 2 aromatic rings. The van der Waals surface area contributed by atoms with Crippen LogP contribution in [0.1, 0.15) is 11.1 Å². The van der Waals surface area contributed by atoms with Gasteiger partial charge in [0.05, 0.1) is 5.56 Å². The molecule has 0 aliphatic carbocycles. The van der Waals surface area contributed by atoms with Gasteiger partial charge in [-0.1, -0.05) is 30.0 Å². The van der Waals surface area contributed by atoms with Crippen molar-refractivity contribution in [2.45, 2.75) is 5.03 Å². The zero-order valence-corrected chi connectivity index (χ0v) is 9.79. The minimum absolute atomic E-state index is 0.978. The summed E-state index contributed by atoms with van der Waals surface area (Å²) in [5.74, 6) is 6.28. The maximum Gasteiger partial charge on any atom is 0.111 e. The fraction of sp³-hybridized carbons (Fsp3) is 0.0714. The van der Waals surface area contributed by atoms with Crippen LogP contribution in [-0.4, -0.2) is 11.2 Å². The second-order valence-electron chi connectivity index (χ2n) is 3.18. The molecule has 0 fully saturated rings. The van der Waals surface area contributed by atoms with Gasteiger partial charge in [0.1, 0.15) is 5.03 Å². The first-order valence-corrected chi connectivity index (χ1v) is 6.18. The molecule has 0 aliphatic rings. The molecule has 2 heteroatoms. The zero-order valence-electron chi connectivity index (χ0n) is 8.97. The molecular formula is C14H11NS. The normalized spacial score (nSPS) is 9.31. The first-order valence-electron chi connectivity index (χ1n) is 4.96. The van der Waals surface area contributed by atoms with Gasteiger partial charge in [-0.3, -0.25) is 0 Å². The van der Waals surface area contributed by atoms with Crippen molar-refractivity contribution in [3.05, 3.63) is 59.8 Å². The van der Waals surface area contributed by atoms with Crippen molar-refractivity contribution in [3.8, 4) is 11.8 Å². The lowest BCUT2D eigenvalue weighted by Gasteiger charge is -1.97. The summed E-state index contributed by atoms with van der Waals surface area (Å²) in [6, 6.07) is 13.9. The second-order valence-corrected chi connectivity index (χ2v) is 3.97. The molecule has 1 heterocycles. The maximum absolute atomic E-state index is 4.27. The molecule has 0 N–H and O–H groups in total. The highest BCUT2D eigenvalue weighted by Gasteiger charge is 1.96. The molecule has 2 rings (SSSR count). The third-order valence-corrected chi connectivity index (χ3v) is 2.79. The smallest absolute Gasteiger partial charge is 0.111 e. The topological polar surface area (TPSA) is 12.9 Å². The van der Waals surface area contributed by atoms with Gasteiger partial charge in [-0.2, -0.15) is 0 Å². The Labute approximate surface area is 99.9 Å². The summed E-state index contributed by atoms with van der Waals surface area (Å²) in [6.07, 6.45) is 3.80. The quantitative estimate of drug-likeness (QED) is 0.546. The Morgan fingerprint density at radius 2 is 1.81 bits per heavy atom. The number of nitrogens with zero attached hydrogens (tertiary/aromatic N) is 1. The van der Waals surface area contributed by atoms with Crippen molar-refractivity contribution in [1.29, 1.82) is 0 Å². The van der Waals surface area contributed by atoms with E-state index in [1.54, 1.807) is 18.0 Å². The molecule has 16 heavy (non-hydrogen) atoms. The van der Waals surface area contributed by atoms with Crippen molar-refractivity contribution in [1.82, 2.24) is 4.98 Å². The van der Waals surface area contributed by atoms with Crippen LogP contribution in [0.25, 0.3) is 0 Å². The fourth-order valence-corrected chi connectivity index (χ4v) is 1.81. The lowest BCUT2D eigenvalue weighted by Crippen LogP contribution is -1.84. The number of hydrogen-bond acceptors (Lipinski definition) is 2. The Balaban J connectivity index is 2.31. The number of pyridine rings is 1. The van der Waals surface area contributed by atoms with Crippen LogP contribution < -0.4 is 0 Å². The average molecular weight is 225 g/mol. The molecule has 0 aliphatic heterocycles. The van der Waals surface area contributed by atoms with Crippen LogP contribution in [0.3, 0.4) is 0 Å². The molecule has 0 saturated heterocycles. The van der Waals surface area contributed by atoms with Gasteiger partial charge in [0.15, 0.2) is 0 Å². The largest absolute Gasteiger partial charge is 0.249 e. The van der Waals surface area contributed by atoms with E-state index in [4.69, 9.17) is 0 Å². The predicted molar refractivity (Wildman–Crippen MR) is 68.4 cm³/mol.